The molecule has 1 aromatic heterocycles. The molecular formula is C12H13N. The summed E-state index contributed by atoms with van der Waals surface area (Å²) in [5.74, 6) is 0. The van der Waals surface area contributed by atoms with Crippen LogP contribution < -0.4 is 0 Å². The van der Waals surface area contributed by atoms with Crippen LogP contribution in [-0.4, -0.2) is 4.98 Å². The summed E-state index contributed by atoms with van der Waals surface area (Å²) in [6.07, 6.45) is 4.95. The molecule has 0 spiro atoms. The van der Waals surface area contributed by atoms with Gasteiger partial charge in [0.2, 0.25) is 0 Å². The maximum atomic E-state index is 3.80. The van der Waals surface area contributed by atoms with E-state index in [0.29, 0.717) is 0 Å². The molecule has 1 N–H and O–H groups in total. The molecule has 1 heteroatoms. The fraction of sp³-hybridized carbons (Fsp3) is 0.167. The molecule has 0 aliphatic carbocycles. The van der Waals surface area contributed by atoms with Crippen LogP contribution in [0.25, 0.3) is 17.0 Å². The number of hydrogen-bond acceptors (Lipinski definition) is 0. The average Bonchev–Trinajstić information content (AvgIpc) is 2.64. The summed E-state index contributed by atoms with van der Waals surface area (Å²) >= 11 is 0. The van der Waals surface area contributed by atoms with Crippen molar-refractivity contribution in [1.29, 1.82) is 0 Å². The first-order valence-corrected chi connectivity index (χ1v) is 4.58. The summed E-state index contributed by atoms with van der Waals surface area (Å²) in [6.45, 7) is 5.97. The van der Waals surface area contributed by atoms with Crippen LogP contribution in [0.2, 0.25) is 0 Å². The number of benzene rings is 1. The second kappa shape index (κ2) is 3.09. The van der Waals surface area contributed by atoms with Crippen LogP contribution in [0.15, 0.2) is 31.0 Å². The van der Waals surface area contributed by atoms with E-state index in [1.54, 1.807) is 0 Å². The van der Waals surface area contributed by atoms with Gasteiger partial charge in [-0.3, -0.25) is 0 Å². The highest BCUT2D eigenvalue weighted by Crippen LogP contribution is 2.22. The Bertz CT molecular complexity index is 437. The van der Waals surface area contributed by atoms with Gasteiger partial charge in [-0.15, -0.1) is 0 Å². The smallest absolute Gasteiger partial charge is 0.0492 e. The number of fused-ring (bicyclic) bond motifs is 1. The molecule has 0 radical (unpaired) electrons. The maximum absolute atomic E-state index is 3.80. The van der Waals surface area contributed by atoms with Gasteiger partial charge in [-0.2, -0.15) is 0 Å². The van der Waals surface area contributed by atoms with Crippen LogP contribution in [0.1, 0.15) is 18.1 Å². The highest BCUT2D eigenvalue weighted by Gasteiger charge is 2.02. The SMILES string of the molecule is C=Cc1ccc(CC)c2[nH]ccc12. The molecule has 2 rings (SSSR count). The van der Waals surface area contributed by atoms with Crippen LogP contribution in [0.5, 0.6) is 0 Å². The van der Waals surface area contributed by atoms with Crippen LogP contribution >= 0.6 is 0 Å². The van der Waals surface area contributed by atoms with Gasteiger partial charge >= 0.3 is 0 Å². The van der Waals surface area contributed by atoms with Crippen molar-refractivity contribution in [1.82, 2.24) is 4.98 Å². The number of rotatable bonds is 2. The second-order valence-electron chi connectivity index (χ2n) is 3.14. The van der Waals surface area contributed by atoms with Crippen LogP contribution in [0.3, 0.4) is 0 Å². The normalized spacial score (nSPS) is 10.5. The van der Waals surface area contributed by atoms with Gasteiger partial charge in [0.1, 0.15) is 0 Å². The van der Waals surface area contributed by atoms with Gasteiger partial charge in [0.15, 0.2) is 0 Å². The van der Waals surface area contributed by atoms with Gasteiger partial charge in [0, 0.05) is 17.1 Å². The van der Waals surface area contributed by atoms with Crippen molar-refractivity contribution in [2.75, 3.05) is 0 Å². The lowest BCUT2D eigenvalue weighted by Crippen LogP contribution is -1.84. The van der Waals surface area contributed by atoms with E-state index in [1.165, 1.54) is 22.0 Å². The number of nitrogens with one attached hydrogen (secondary N) is 1. The fourth-order valence-electron chi connectivity index (χ4n) is 1.71. The summed E-state index contributed by atoms with van der Waals surface area (Å²) in [6, 6.07) is 6.39. The fourth-order valence-corrected chi connectivity index (χ4v) is 1.71. The molecule has 0 aliphatic heterocycles. The standard InChI is InChI=1S/C12H13N/c1-3-9-5-6-10(4-2)12-11(9)7-8-13-12/h3,5-8,13H,1,4H2,2H3. The predicted octanol–water partition coefficient (Wildman–Crippen LogP) is 3.37. The van der Waals surface area contributed by atoms with E-state index >= 15 is 0 Å². The predicted molar refractivity (Wildman–Crippen MR) is 57.8 cm³/mol. The zero-order valence-corrected chi connectivity index (χ0v) is 7.80. The van der Waals surface area contributed by atoms with E-state index in [1.807, 2.05) is 12.3 Å². The first-order chi connectivity index (χ1) is 6.36. The van der Waals surface area contributed by atoms with E-state index in [2.05, 4.69) is 36.7 Å². The number of aromatic nitrogens is 1. The molecule has 66 valence electrons. The Balaban J connectivity index is 2.81. The molecular weight excluding hydrogens is 158 g/mol. The highest BCUT2D eigenvalue weighted by atomic mass is 14.7. The van der Waals surface area contributed by atoms with Crippen LogP contribution in [0, 0.1) is 0 Å². The number of aryl methyl sites for hydroxylation is 1. The molecule has 0 saturated carbocycles. The van der Waals surface area contributed by atoms with Gasteiger partial charge in [0.05, 0.1) is 0 Å². The monoisotopic (exact) mass is 171 g/mol. The van der Waals surface area contributed by atoms with E-state index < -0.39 is 0 Å². The van der Waals surface area contributed by atoms with E-state index in [4.69, 9.17) is 0 Å². The van der Waals surface area contributed by atoms with E-state index in [9.17, 15) is 0 Å². The second-order valence-corrected chi connectivity index (χ2v) is 3.14. The third kappa shape index (κ3) is 1.17. The molecule has 13 heavy (non-hydrogen) atoms. The molecule has 1 nitrogen and oxygen atoms in total. The maximum Gasteiger partial charge on any atom is 0.0492 e. The molecule has 0 atom stereocenters. The summed E-state index contributed by atoms with van der Waals surface area (Å²) in [4.78, 5) is 3.27. The Morgan fingerprint density at radius 1 is 1.38 bits per heavy atom. The minimum absolute atomic E-state index is 1.06. The summed E-state index contributed by atoms with van der Waals surface area (Å²) < 4.78 is 0. The largest absolute Gasteiger partial charge is 0.361 e. The Hall–Kier alpha value is -1.50. The van der Waals surface area contributed by atoms with Gasteiger partial charge in [-0.1, -0.05) is 31.7 Å². The highest BCUT2D eigenvalue weighted by molar-refractivity contribution is 5.90. The minimum atomic E-state index is 1.06. The molecule has 1 aromatic carbocycles. The van der Waals surface area contributed by atoms with E-state index in [-0.39, 0.29) is 0 Å². The first kappa shape index (κ1) is 8.11. The van der Waals surface area contributed by atoms with Crippen LogP contribution in [-0.2, 0) is 6.42 Å². The molecule has 0 unspecified atom stereocenters. The number of H-pyrrole nitrogens is 1. The zero-order valence-electron chi connectivity index (χ0n) is 7.80. The van der Waals surface area contributed by atoms with Crippen molar-refractivity contribution < 1.29 is 0 Å². The third-order valence-corrected chi connectivity index (χ3v) is 2.44. The molecule has 0 amide bonds. The van der Waals surface area contributed by atoms with Crippen molar-refractivity contribution in [2.24, 2.45) is 0 Å². The van der Waals surface area contributed by atoms with Gasteiger partial charge in [0.25, 0.3) is 0 Å². The average molecular weight is 171 g/mol. The van der Waals surface area contributed by atoms with Crippen LogP contribution in [0.4, 0.5) is 0 Å². The summed E-state index contributed by atoms with van der Waals surface area (Å²) in [7, 11) is 0. The molecule has 1 heterocycles. The van der Waals surface area contributed by atoms with Crippen molar-refractivity contribution >= 4 is 17.0 Å². The van der Waals surface area contributed by atoms with Crippen molar-refractivity contribution in [3.05, 3.63) is 42.1 Å². The Morgan fingerprint density at radius 2 is 2.23 bits per heavy atom. The quantitative estimate of drug-likeness (QED) is 0.713. The van der Waals surface area contributed by atoms with Crippen molar-refractivity contribution in [3.63, 3.8) is 0 Å². The van der Waals surface area contributed by atoms with Crippen molar-refractivity contribution in [2.45, 2.75) is 13.3 Å². The lowest BCUT2D eigenvalue weighted by atomic mass is 10.0. The Kier molecular flexibility index (Phi) is 1.93. The first-order valence-electron chi connectivity index (χ1n) is 4.58. The van der Waals surface area contributed by atoms with Gasteiger partial charge in [-0.05, 0) is 23.6 Å². The molecule has 2 aromatic rings. The Labute approximate surface area is 78.1 Å². The lowest BCUT2D eigenvalue weighted by molar-refractivity contribution is 1.15. The van der Waals surface area contributed by atoms with Gasteiger partial charge in [-0.25, -0.2) is 0 Å². The Morgan fingerprint density at radius 3 is 2.92 bits per heavy atom. The van der Waals surface area contributed by atoms with Crippen molar-refractivity contribution in [3.8, 4) is 0 Å². The molecule has 0 fully saturated rings. The molecule has 0 aliphatic rings. The lowest BCUT2D eigenvalue weighted by Gasteiger charge is -2.02. The minimum Gasteiger partial charge on any atom is -0.361 e. The van der Waals surface area contributed by atoms with E-state index in [0.717, 1.165) is 6.42 Å². The van der Waals surface area contributed by atoms with Gasteiger partial charge < -0.3 is 4.98 Å². The summed E-state index contributed by atoms with van der Waals surface area (Å²) in [5.41, 5.74) is 3.82. The number of aromatic amines is 1. The number of hydrogen-bond donors (Lipinski definition) is 1. The zero-order chi connectivity index (χ0) is 9.26. The topological polar surface area (TPSA) is 15.8 Å². The molecule has 0 bridgehead atoms. The third-order valence-electron chi connectivity index (χ3n) is 2.44. The summed E-state index contributed by atoms with van der Waals surface area (Å²) in [5, 5.41) is 1.27. The molecule has 0 saturated heterocycles.